The minimum atomic E-state index is -4.60. The van der Waals surface area contributed by atoms with Crippen LogP contribution in [0.4, 0.5) is 5.82 Å². The van der Waals surface area contributed by atoms with Crippen molar-refractivity contribution in [3.05, 3.63) is 11.6 Å². The Bertz CT molecular complexity index is 2080. The molecule has 6 atom stereocenters. The standard InChI is InChI=1S/C37H56N6O13S4/c1-9-38-27-17-21(2)59(49,50)36-26(27)18-30(57-36)60(51,52)42-34(48)23(4)31(46)22(3)32(47)24(5)55-28(44)11-10-12-29(45)56-25(19-39-37(6,7)8)20-54-35-33(40-58-41-35)43-13-15-53-16-14-43/h18,21-25,27,38-39H,9-17,19-20H2,1-8H3,(H,42,48)/t21-,22-,23+,24-,25-,27-/m0/s1. The van der Waals surface area contributed by atoms with Gasteiger partial charge in [-0.3, -0.25) is 24.0 Å². The molecule has 3 N–H and O–H groups in total. The topological polar surface area (TPSA) is 256 Å². The normalized spacial score (nSPS) is 19.9. The maximum absolute atomic E-state index is 13.2. The molecule has 1 saturated heterocycles. The molecule has 2 aromatic heterocycles. The minimum absolute atomic E-state index is 0.00814. The molecular formula is C37H56N6O13S4. The number of ketones is 2. The summed E-state index contributed by atoms with van der Waals surface area (Å²) in [5.74, 6) is -6.52. The zero-order chi connectivity index (χ0) is 44.6. The van der Waals surface area contributed by atoms with E-state index in [9.17, 15) is 40.8 Å². The van der Waals surface area contributed by atoms with E-state index >= 15 is 0 Å². The van der Waals surface area contributed by atoms with Crippen molar-refractivity contribution in [2.75, 3.05) is 50.9 Å². The summed E-state index contributed by atoms with van der Waals surface area (Å²) >= 11 is 1.53. The predicted molar refractivity (Wildman–Crippen MR) is 221 cm³/mol. The molecule has 23 heteroatoms. The molecule has 0 radical (unpaired) electrons. The Morgan fingerprint density at radius 2 is 1.65 bits per heavy atom. The number of hydrogen-bond donors (Lipinski definition) is 3. The van der Waals surface area contributed by atoms with Gasteiger partial charge in [0.2, 0.25) is 11.7 Å². The van der Waals surface area contributed by atoms with Crippen LogP contribution in [0.25, 0.3) is 0 Å². The van der Waals surface area contributed by atoms with E-state index in [1.807, 2.05) is 37.3 Å². The molecule has 0 bridgehead atoms. The first-order valence-corrected chi connectivity index (χ1v) is 24.3. The van der Waals surface area contributed by atoms with Crippen LogP contribution in [0, 0.1) is 11.8 Å². The Labute approximate surface area is 359 Å². The lowest BCUT2D eigenvalue weighted by molar-refractivity contribution is -0.157. The number of ether oxygens (including phenoxy) is 4. The van der Waals surface area contributed by atoms with Gasteiger partial charge in [-0.05, 0) is 73.9 Å². The SMILES string of the molecule is CCN[C@H]1C[C@H](C)S(=O)(=O)c2sc(S(=O)(=O)NC(=O)[C@H](C)C(=O)[C@H](C)C(=O)[C@H](C)OC(=O)CCCC(=O)O[C@@H](CNC(C)(C)C)COc3nsnc3N3CCOCC3)cc21. The van der Waals surface area contributed by atoms with Gasteiger partial charge in [0, 0.05) is 49.6 Å². The van der Waals surface area contributed by atoms with Gasteiger partial charge in [-0.25, -0.2) is 21.6 Å². The fraction of sp³-hybridized carbons (Fsp3) is 0.703. The van der Waals surface area contributed by atoms with Crippen molar-refractivity contribution in [3.8, 4) is 5.88 Å². The summed E-state index contributed by atoms with van der Waals surface area (Å²) in [5, 5.41) is 5.69. The van der Waals surface area contributed by atoms with E-state index in [2.05, 4.69) is 19.4 Å². The number of hydrogen-bond acceptors (Lipinski definition) is 20. The lowest BCUT2D eigenvalue weighted by Crippen LogP contribution is -2.44. The number of Topliss-reactive ketones (excluding diaryl/α,β-unsaturated/α-hetero) is 2. The quantitative estimate of drug-likeness (QED) is 0.120. The number of thiophene rings is 1. The first-order chi connectivity index (χ1) is 28.0. The van der Waals surface area contributed by atoms with Crippen LogP contribution in [0.3, 0.4) is 0 Å². The zero-order valence-corrected chi connectivity index (χ0v) is 38.4. The Balaban J connectivity index is 1.25. The molecule has 0 saturated carbocycles. The second-order valence-corrected chi connectivity index (χ2v) is 21.8. The number of carbonyl (C=O) groups is 5. The highest BCUT2D eigenvalue weighted by Crippen LogP contribution is 2.42. The molecule has 1 amide bonds. The van der Waals surface area contributed by atoms with Crippen LogP contribution in [0.15, 0.2) is 14.5 Å². The number of carbonyl (C=O) groups excluding carboxylic acids is 5. The number of nitrogens with zero attached hydrogens (tertiary/aromatic N) is 3. The molecule has 19 nitrogen and oxygen atoms in total. The van der Waals surface area contributed by atoms with Crippen LogP contribution >= 0.6 is 23.1 Å². The summed E-state index contributed by atoms with van der Waals surface area (Å²) < 4.78 is 84.7. The van der Waals surface area contributed by atoms with Crippen LogP contribution < -0.4 is 25.0 Å². The van der Waals surface area contributed by atoms with E-state index < -0.39 is 88.8 Å². The van der Waals surface area contributed by atoms with Gasteiger partial charge in [-0.1, -0.05) is 6.92 Å². The minimum Gasteiger partial charge on any atom is -0.470 e. The Hall–Kier alpha value is -3.61. The van der Waals surface area contributed by atoms with Crippen molar-refractivity contribution >= 4 is 78.2 Å². The lowest BCUT2D eigenvalue weighted by Gasteiger charge is -2.27. The van der Waals surface area contributed by atoms with Crippen LogP contribution in [0.5, 0.6) is 5.88 Å². The molecule has 2 aromatic rings. The average Bonchev–Trinajstić information content (AvgIpc) is 3.86. The van der Waals surface area contributed by atoms with E-state index in [0.29, 0.717) is 61.4 Å². The number of esters is 2. The second-order valence-electron chi connectivity index (χ2n) is 15.8. The molecule has 2 aliphatic heterocycles. The zero-order valence-electron chi connectivity index (χ0n) is 35.1. The van der Waals surface area contributed by atoms with Crippen LogP contribution in [0.2, 0.25) is 0 Å². The lowest BCUT2D eigenvalue weighted by atomic mass is 9.90. The summed E-state index contributed by atoms with van der Waals surface area (Å²) in [5.41, 5.74) is 0.00753. The fourth-order valence-corrected chi connectivity index (χ4v) is 11.9. The third kappa shape index (κ3) is 13.0. The van der Waals surface area contributed by atoms with E-state index in [1.165, 1.54) is 19.9 Å². The maximum Gasteiger partial charge on any atom is 0.306 e. The molecule has 1 fully saturated rings. The van der Waals surface area contributed by atoms with Crippen molar-refractivity contribution < 1.29 is 59.8 Å². The summed E-state index contributed by atoms with van der Waals surface area (Å²) in [6, 6.07) is 0.805. The van der Waals surface area contributed by atoms with Gasteiger partial charge in [0.1, 0.15) is 21.1 Å². The second kappa shape index (κ2) is 21.0. The molecule has 0 spiro atoms. The highest BCUT2D eigenvalue weighted by atomic mass is 32.3. The number of nitrogens with one attached hydrogen (secondary N) is 3. The highest BCUT2D eigenvalue weighted by molar-refractivity contribution is 7.95. The molecule has 60 heavy (non-hydrogen) atoms. The summed E-state index contributed by atoms with van der Waals surface area (Å²) in [6.45, 7) is 16.0. The van der Waals surface area contributed by atoms with E-state index in [-0.39, 0.29) is 48.6 Å². The number of amides is 1. The first kappa shape index (κ1) is 49.0. The molecule has 0 unspecified atom stereocenters. The Morgan fingerprint density at radius 1 is 1.00 bits per heavy atom. The summed E-state index contributed by atoms with van der Waals surface area (Å²) in [7, 11) is -8.40. The predicted octanol–water partition coefficient (Wildman–Crippen LogP) is 2.35. The smallest absolute Gasteiger partial charge is 0.306 e. The third-order valence-electron chi connectivity index (χ3n) is 9.85. The molecule has 2 aliphatic rings. The van der Waals surface area contributed by atoms with Gasteiger partial charge in [0.05, 0.1) is 42.0 Å². The van der Waals surface area contributed by atoms with Gasteiger partial charge in [-0.15, -0.1) is 15.7 Å². The van der Waals surface area contributed by atoms with E-state index in [1.54, 1.807) is 6.92 Å². The number of sulfone groups is 1. The van der Waals surface area contributed by atoms with Gasteiger partial charge >= 0.3 is 11.9 Å². The van der Waals surface area contributed by atoms with Gasteiger partial charge in [0.25, 0.3) is 15.9 Å². The Kier molecular flexibility index (Phi) is 17.1. The first-order valence-electron chi connectivity index (χ1n) is 19.7. The van der Waals surface area contributed by atoms with Gasteiger partial charge in [-0.2, -0.15) is 4.37 Å². The Morgan fingerprint density at radius 3 is 2.28 bits per heavy atom. The van der Waals surface area contributed by atoms with Crippen molar-refractivity contribution in [2.24, 2.45) is 11.8 Å². The van der Waals surface area contributed by atoms with Crippen molar-refractivity contribution in [2.45, 2.75) is 119 Å². The molecule has 4 heterocycles. The number of rotatable bonds is 21. The number of fused-ring (bicyclic) bond motifs is 1. The monoisotopic (exact) mass is 920 g/mol. The number of aromatic nitrogens is 2. The van der Waals surface area contributed by atoms with Gasteiger partial charge in [0.15, 0.2) is 27.5 Å². The average molecular weight is 921 g/mol. The van der Waals surface area contributed by atoms with Crippen LogP contribution in [-0.2, 0) is 58.0 Å². The number of sulfonamides is 1. The van der Waals surface area contributed by atoms with Crippen molar-refractivity contribution in [1.82, 2.24) is 24.1 Å². The molecule has 4 rings (SSSR count). The van der Waals surface area contributed by atoms with Crippen LogP contribution in [0.1, 0.15) is 92.7 Å². The molecule has 0 aromatic carbocycles. The highest BCUT2D eigenvalue weighted by Gasteiger charge is 2.41. The maximum atomic E-state index is 13.2. The van der Waals surface area contributed by atoms with E-state index in [0.717, 1.165) is 18.7 Å². The summed E-state index contributed by atoms with van der Waals surface area (Å²) in [4.78, 5) is 66.8. The van der Waals surface area contributed by atoms with Crippen LogP contribution in [-0.4, -0.2) is 124 Å². The largest absolute Gasteiger partial charge is 0.470 e. The third-order valence-corrected chi connectivity index (χ3v) is 16.1. The fourth-order valence-electron chi connectivity index (χ4n) is 6.34. The van der Waals surface area contributed by atoms with Crippen molar-refractivity contribution in [3.63, 3.8) is 0 Å². The van der Waals surface area contributed by atoms with Gasteiger partial charge < -0.3 is 34.5 Å². The molecular weight excluding hydrogens is 865 g/mol. The molecule has 336 valence electrons. The van der Waals surface area contributed by atoms with E-state index in [4.69, 9.17) is 18.9 Å². The molecule has 0 aliphatic carbocycles. The van der Waals surface area contributed by atoms with Crippen molar-refractivity contribution in [1.29, 1.82) is 0 Å². The summed E-state index contributed by atoms with van der Waals surface area (Å²) in [6.07, 6.45) is -2.23. The number of anilines is 1. The number of morpholine rings is 1.